The first-order valence-electron chi connectivity index (χ1n) is 11.1. The molecule has 180 valence electrons. The van der Waals surface area contributed by atoms with Crippen LogP contribution in [0, 0.1) is 0 Å². The summed E-state index contributed by atoms with van der Waals surface area (Å²) in [5.74, 6) is -1.95. The highest BCUT2D eigenvalue weighted by atomic mass is 32.1. The molecule has 8 nitrogen and oxygen atoms in total. The van der Waals surface area contributed by atoms with Crippen molar-refractivity contribution in [3.8, 4) is 0 Å². The fourth-order valence-corrected chi connectivity index (χ4v) is 4.87. The molecule has 2 aromatic rings. The lowest BCUT2D eigenvalue weighted by molar-refractivity contribution is -0.125. The number of aldehydes is 1. The molecule has 0 radical (unpaired) electrons. The Labute approximate surface area is 202 Å². The maximum absolute atomic E-state index is 12.9. The largest absolute Gasteiger partial charge is 0.357 e. The van der Waals surface area contributed by atoms with Gasteiger partial charge < -0.3 is 20.3 Å². The number of likely N-dealkylation sites (N-methyl/N-ethyl adjacent to an activating group) is 1. The van der Waals surface area contributed by atoms with Gasteiger partial charge in [-0.15, -0.1) is 11.3 Å². The highest BCUT2D eigenvalue weighted by Crippen LogP contribution is 2.33. The summed E-state index contributed by atoms with van der Waals surface area (Å²) in [6.45, 7) is 6.41. The average molecular weight is 484 g/mol. The van der Waals surface area contributed by atoms with E-state index in [-0.39, 0.29) is 43.2 Å². The molecular formula is C25H29N3O5S. The Bertz CT molecular complexity index is 1130. The number of thiophene rings is 1. The van der Waals surface area contributed by atoms with Crippen molar-refractivity contribution in [1.29, 1.82) is 0 Å². The second-order valence-corrected chi connectivity index (χ2v) is 10.2. The van der Waals surface area contributed by atoms with Gasteiger partial charge in [-0.25, -0.2) is 0 Å². The third kappa shape index (κ3) is 5.25. The van der Waals surface area contributed by atoms with E-state index in [4.69, 9.17) is 0 Å². The first kappa shape index (κ1) is 25.3. The van der Waals surface area contributed by atoms with Gasteiger partial charge >= 0.3 is 0 Å². The molecule has 1 atom stereocenters. The van der Waals surface area contributed by atoms with Gasteiger partial charge in [-0.3, -0.25) is 19.2 Å². The van der Waals surface area contributed by atoms with Crippen molar-refractivity contribution in [3.05, 3.63) is 56.8 Å². The molecule has 1 unspecified atom stereocenters. The van der Waals surface area contributed by atoms with E-state index >= 15 is 0 Å². The van der Waals surface area contributed by atoms with E-state index in [1.54, 1.807) is 23.6 Å². The Morgan fingerprint density at radius 2 is 1.97 bits per heavy atom. The predicted molar refractivity (Wildman–Crippen MR) is 129 cm³/mol. The number of nitrogens with one attached hydrogen (secondary N) is 2. The summed E-state index contributed by atoms with van der Waals surface area (Å²) in [7, 11) is 1.49. The van der Waals surface area contributed by atoms with Gasteiger partial charge in [-0.1, -0.05) is 39.0 Å². The second-order valence-electron chi connectivity index (χ2n) is 9.20. The lowest BCUT2D eigenvalue weighted by Crippen LogP contribution is -2.46. The number of rotatable bonds is 9. The Kier molecular flexibility index (Phi) is 7.66. The summed E-state index contributed by atoms with van der Waals surface area (Å²) in [4.78, 5) is 63.5. The molecule has 1 aliphatic rings. The summed E-state index contributed by atoms with van der Waals surface area (Å²) in [5, 5.41) is 6.91. The van der Waals surface area contributed by atoms with E-state index in [1.807, 2.05) is 26.8 Å². The molecule has 1 aliphatic heterocycles. The van der Waals surface area contributed by atoms with E-state index < -0.39 is 17.7 Å². The minimum absolute atomic E-state index is 0.101. The minimum atomic E-state index is -0.751. The molecule has 0 fully saturated rings. The quantitative estimate of drug-likeness (QED) is 0.323. The van der Waals surface area contributed by atoms with Crippen molar-refractivity contribution < 1.29 is 24.0 Å². The zero-order chi connectivity index (χ0) is 25.0. The first-order chi connectivity index (χ1) is 16.1. The fraction of sp³-hybridized carbons (Fsp3) is 0.400. The maximum atomic E-state index is 12.9. The molecule has 1 aromatic heterocycles. The number of amides is 3. The smallest absolute Gasteiger partial charge is 0.292 e. The second kappa shape index (κ2) is 10.3. The van der Waals surface area contributed by atoms with Gasteiger partial charge in [0, 0.05) is 35.8 Å². The summed E-state index contributed by atoms with van der Waals surface area (Å²) >= 11 is 1.33. The molecule has 3 rings (SSSR count). The average Bonchev–Trinajstić information content (AvgIpc) is 3.36. The van der Waals surface area contributed by atoms with Crippen LogP contribution >= 0.6 is 11.3 Å². The molecule has 2 N–H and O–H groups in total. The standard InChI is InChI=1S/C25H29N3O5S/c1-25(2,3)16-8-5-7-15(11-16)21(30)23(32)27-12-20-17-13-28(24(33)18(17)14-34-20)19(9-6-10-29)22(31)26-4/h5,7-8,10-11,14,19H,6,9,12-13H2,1-4H3,(H,26,31)(H,27,32). The molecule has 9 heteroatoms. The molecule has 2 heterocycles. The van der Waals surface area contributed by atoms with Gasteiger partial charge in [0.15, 0.2) is 0 Å². The summed E-state index contributed by atoms with van der Waals surface area (Å²) in [6, 6.07) is 6.29. The highest BCUT2D eigenvalue weighted by molar-refractivity contribution is 7.10. The van der Waals surface area contributed by atoms with Crippen molar-refractivity contribution in [2.75, 3.05) is 7.05 Å². The third-order valence-electron chi connectivity index (χ3n) is 5.89. The Morgan fingerprint density at radius 3 is 2.62 bits per heavy atom. The van der Waals surface area contributed by atoms with Gasteiger partial charge in [0.2, 0.25) is 11.7 Å². The van der Waals surface area contributed by atoms with Crippen molar-refractivity contribution in [3.63, 3.8) is 0 Å². The van der Waals surface area contributed by atoms with Crippen molar-refractivity contribution in [2.45, 2.75) is 58.2 Å². The summed E-state index contributed by atoms with van der Waals surface area (Å²) < 4.78 is 0. The van der Waals surface area contributed by atoms with Crippen LogP contribution in [0.15, 0.2) is 29.6 Å². The molecular weight excluding hydrogens is 454 g/mol. The van der Waals surface area contributed by atoms with Crippen LogP contribution < -0.4 is 10.6 Å². The Balaban J connectivity index is 1.70. The van der Waals surface area contributed by atoms with Crippen LogP contribution in [0.2, 0.25) is 0 Å². The summed E-state index contributed by atoms with van der Waals surface area (Å²) in [5.41, 5.74) is 2.35. The minimum Gasteiger partial charge on any atom is -0.357 e. The maximum Gasteiger partial charge on any atom is 0.292 e. The number of hydrogen-bond donors (Lipinski definition) is 2. The van der Waals surface area contributed by atoms with Gasteiger partial charge in [0.05, 0.1) is 12.1 Å². The van der Waals surface area contributed by atoms with E-state index in [0.717, 1.165) is 22.3 Å². The van der Waals surface area contributed by atoms with E-state index in [0.29, 0.717) is 11.1 Å². The van der Waals surface area contributed by atoms with Gasteiger partial charge in [-0.05, 0) is 29.0 Å². The number of nitrogens with zero attached hydrogens (tertiary/aromatic N) is 1. The fourth-order valence-electron chi connectivity index (χ4n) is 3.89. The SMILES string of the molecule is CNC(=O)C(CCC=O)N1Cc2c(csc2CNC(=O)C(=O)c2cccc(C(C)(C)C)c2)C1=O. The Hall–Kier alpha value is -3.33. The molecule has 0 saturated heterocycles. The number of Topliss-reactive ketones (excluding diaryl/α,β-unsaturated/α-hetero) is 1. The monoisotopic (exact) mass is 483 g/mol. The van der Waals surface area contributed by atoms with E-state index in [2.05, 4.69) is 10.6 Å². The highest BCUT2D eigenvalue weighted by Gasteiger charge is 2.38. The topological polar surface area (TPSA) is 113 Å². The number of carbonyl (C=O) groups excluding carboxylic acids is 5. The lowest BCUT2D eigenvalue weighted by Gasteiger charge is -2.26. The molecule has 0 spiro atoms. The van der Waals surface area contributed by atoms with Crippen LogP contribution in [-0.4, -0.2) is 47.8 Å². The van der Waals surface area contributed by atoms with Crippen LogP contribution in [-0.2, 0) is 32.9 Å². The first-order valence-corrected chi connectivity index (χ1v) is 11.9. The van der Waals surface area contributed by atoms with E-state index in [1.165, 1.54) is 23.3 Å². The van der Waals surface area contributed by atoms with Gasteiger partial charge in [-0.2, -0.15) is 0 Å². The zero-order valence-electron chi connectivity index (χ0n) is 19.8. The normalized spacial score (nSPS) is 13.9. The predicted octanol–water partition coefficient (Wildman–Crippen LogP) is 2.59. The zero-order valence-corrected chi connectivity index (χ0v) is 20.6. The van der Waals surface area contributed by atoms with Gasteiger partial charge in [0.1, 0.15) is 12.3 Å². The number of benzene rings is 1. The molecule has 0 saturated carbocycles. The van der Waals surface area contributed by atoms with Gasteiger partial charge in [0.25, 0.3) is 11.8 Å². The number of hydrogen-bond acceptors (Lipinski definition) is 6. The molecule has 3 amide bonds. The third-order valence-corrected chi connectivity index (χ3v) is 6.92. The van der Waals surface area contributed by atoms with Crippen LogP contribution in [0.1, 0.15) is 70.3 Å². The lowest BCUT2D eigenvalue weighted by atomic mass is 9.86. The molecule has 34 heavy (non-hydrogen) atoms. The van der Waals surface area contributed by atoms with Crippen LogP contribution in [0.25, 0.3) is 0 Å². The van der Waals surface area contributed by atoms with Crippen molar-refractivity contribution in [2.24, 2.45) is 0 Å². The summed E-state index contributed by atoms with van der Waals surface area (Å²) in [6.07, 6.45) is 1.12. The molecule has 1 aromatic carbocycles. The van der Waals surface area contributed by atoms with Crippen molar-refractivity contribution in [1.82, 2.24) is 15.5 Å². The van der Waals surface area contributed by atoms with E-state index in [9.17, 15) is 24.0 Å². The van der Waals surface area contributed by atoms with Crippen molar-refractivity contribution >= 4 is 41.1 Å². The van der Waals surface area contributed by atoms with Crippen LogP contribution in [0.4, 0.5) is 0 Å². The number of carbonyl (C=O) groups is 5. The number of ketones is 1. The van der Waals surface area contributed by atoms with Crippen LogP contribution in [0.5, 0.6) is 0 Å². The molecule has 0 aliphatic carbocycles. The number of fused-ring (bicyclic) bond motifs is 1. The van der Waals surface area contributed by atoms with Crippen LogP contribution in [0.3, 0.4) is 0 Å². The molecule has 0 bridgehead atoms. The Morgan fingerprint density at radius 1 is 1.24 bits per heavy atom.